The third-order valence-corrected chi connectivity index (χ3v) is 4.88. The second kappa shape index (κ2) is 7.08. The Morgan fingerprint density at radius 2 is 2.14 bits per heavy atom. The molecule has 1 aromatic carbocycles. The van der Waals surface area contributed by atoms with Gasteiger partial charge in [-0.1, -0.05) is 18.2 Å². The molecule has 1 N–H and O–H groups in total. The number of likely N-dealkylation sites (tertiary alicyclic amines) is 1. The Morgan fingerprint density at radius 3 is 2.81 bits per heavy atom. The van der Waals surface area contributed by atoms with E-state index in [0.29, 0.717) is 18.4 Å². The highest BCUT2D eigenvalue weighted by Crippen LogP contribution is 2.29. The van der Waals surface area contributed by atoms with Gasteiger partial charge in [0.25, 0.3) is 0 Å². The average molecular weight is 289 g/mol. The van der Waals surface area contributed by atoms with Crippen LogP contribution in [0.4, 0.5) is 0 Å². The van der Waals surface area contributed by atoms with Crippen molar-refractivity contribution in [3.05, 3.63) is 34.9 Å². The molecule has 0 amide bonds. The first-order valence-corrected chi connectivity index (χ1v) is 8.00. The minimum atomic E-state index is -0.672. The van der Waals surface area contributed by atoms with Crippen molar-refractivity contribution in [3.8, 4) is 0 Å². The van der Waals surface area contributed by atoms with Crippen LogP contribution < -0.4 is 0 Å². The van der Waals surface area contributed by atoms with Gasteiger partial charge in [-0.3, -0.25) is 9.69 Å². The average Bonchev–Trinajstić information content (AvgIpc) is 2.47. The highest BCUT2D eigenvalue weighted by atomic mass is 16.4. The Morgan fingerprint density at radius 1 is 1.38 bits per heavy atom. The van der Waals surface area contributed by atoms with Gasteiger partial charge in [-0.05, 0) is 69.2 Å². The van der Waals surface area contributed by atoms with E-state index in [0.717, 1.165) is 19.5 Å². The van der Waals surface area contributed by atoms with Crippen molar-refractivity contribution in [3.63, 3.8) is 0 Å². The molecule has 1 saturated heterocycles. The van der Waals surface area contributed by atoms with Crippen LogP contribution in [0.3, 0.4) is 0 Å². The molecule has 1 fully saturated rings. The molecule has 1 aliphatic rings. The molecule has 0 aliphatic carbocycles. The van der Waals surface area contributed by atoms with Crippen LogP contribution >= 0.6 is 0 Å². The van der Waals surface area contributed by atoms with Gasteiger partial charge in [0.2, 0.25) is 0 Å². The summed E-state index contributed by atoms with van der Waals surface area (Å²) in [5, 5.41) is 8.84. The molecule has 0 radical (unpaired) electrons. The fourth-order valence-electron chi connectivity index (χ4n) is 3.25. The molecule has 0 bridgehead atoms. The van der Waals surface area contributed by atoms with E-state index in [-0.39, 0.29) is 0 Å². The molecule has 2 unspecified atom stereocenters. The zero-order valence-corrected chi connectivity index (χ0v) is 13.4. The normalized spacial score (nSPS) is 21.2. The lowest BCUT2D eigenvalue weighted by atomic mass is 9.91. The van der Waals surface area contributed by atoms with Crippen molar-refractivity contribution in [2.24, 2.45) is 5.92 Å². The second-order valence-corrected chi connectivity index (χ2v) is 6.46. The van der Waals surface area contributed by atoms with E-state index in [9.17, 15) is 4.79 Å². The van der Waals surface area contributed by atoms with Crippen molar-refractivity contribution < 1.29 is 9.90 Å². The van der Waals surface area contributed by atoms with Gasteiger partial charge in [0.15, 0.2) is 0 Å². The Balaban J connectivity index is 1.99. The number of carboxylic acids is 1. The number of aryl methyl sites for hydroxylation is 2. The van der Waals surface area contributed by atoms with E-state index in [2.05, 4.69) is 43.9 Å². The van der Waals surface area contributed by atoms with Gasteiger partial charge in [-0.15, -0.1) is 0 Å². The van der Waals surface area contributed by atoms with Gasteiger partial charge in [-0.2, -0.15) is 0 Å². The summed E-state index contributed by atoms with van der Waals surface area (Å²) in [7, 11) is 0. The molecule has 2 atom stereocenters. The Bertz CT molecular complexity index is 498. The zero-order chi connectivity index (χ0) is 15.4. The molecule has 1 aromatic rings. The molecule has 116 valence electrons. The minimum absolute atomic E-state index is 0.302. The second-order valence-electron chi connectivity index (χ2n) is 6.46. The first kappa shape index (κ1) is 16.0. The summed E-state index contributed by atoms with van der Waals surface area (Å²) in [5.74, 6) is -0.141. The van der Waals surface area contributed by atoms with E-state index < -0.39 is 5.97 Å². The van der Waals surface area contributed by atoms with Crippen LogP contribution in [0.1, 0.15) is 55.3 Å². The Kier molecular flexibility index (Phi) is 5.40. The van der Waals surface area contributed by atoms with E-state index >= 15 is 0 Å². The fourth-order valence-corrected chi connectivity index (χ4v) is 3.25. The summed E-state index contributed by atoms with van der Waals surface area (Å²) in [6.45, 7) is 8.73. The van der Waals surface area contributed by atoms with E-state index in [1.54, 1.807) is 0 Å². The minimum Gasteiger partial charge on any atom is -0.481 e. The standard InChI is InChI=1S/C18H27NO2/c1-13-6-8-17(11-14(13)2)15(3)19-10-4-5-16(12-19)7-9-18(20)21/h6,8,11,15-16H,4-5,7,9-10,12H2,1-3H3,(H,20,21). The molecule has 1 heterocycles. The number of carboxylic acid groups (broad SMARTS) is 1. The predicted molar refractivity (Wildman–Crippen MR) is 85.5 cm³/mol. The highest BCUT2D eigenvalue weighted by molar-refractivity contribution is 5.66. The van der Waals surface area contributed by atoms with Gasteiger partial charge in [0.1, 0.15) is 0 Å². The maximum Gasteiger partial charge on any atom is 0.303 e. The number of piperidine rings is 1. The molecular weight excluding hydrogens is 262 g/mol. The summed E-state index contributed by atoms with van der Waals surface area (Å²) in [6, 6.07) is 7.14. The van der Waals surface area contributed by atoms with Crippen LogP contribution in [0.5, 0.6) is 0 Å². The third kappa shape index (κ3) is 4.31. The number of hydrogen-bond acceptors (Lipinski definition) is 2. The summed E-state index contributed by atoms with van der Waals surface area (Å²) in [6.07, 6.45) is 3.46. The van der Waals surface area contributed by atoms with Gasteiger partial charge >= 0.3 is 5.97 Å². The monoisotopic (exact) mass is 289 g/mol. The summed E-state index contributed by atoms with van der Waals surface area (Å²) in [5.41, 5.74) is 4.06. The van der Waals surface area contributed by atoms with Crippen LogP contribution in [0, 0.1) is 19.8 Å². The smallest absolute Gasteiger partial charge is 0.303 e. The van der Waals surface area contributed by atoms with Crippen molar-refractivity contribution in [1.82, 2.24) is 4.90 Å². The first-order chi connectivity index (χ1) is 9.97. The third-order valence-electron chi connectivity index (χ3n) is 4.88. The van der Waals surface area contributed by atoms with Crippen LogP contribution in [0.15, 0.2) is 18.2 Å². The van der Waals surface area contributed by atoms with Gasteiger partial charge < -0.3 is 5.11 Å². The van der Waals surface area contributed by atoms with E-state index in [1.807, 2.05) is 0 Å². The van der Waals surface area contributed by atoms with Crippen molar-refractivity contribution in [1.29, 1.82) is 0 Å². The molecular formula is C18H27NO2. The van der Waals surface area contributed by atoms with E-state index in [4.69, 9.17) is 5.11 Å². The maximum atomic E-state index is 10.7. The molecule has 0 spiro atoms. The highest BCUT2D eigenvalue weighted by Gasteiger charge is 2.24. The number of aliphatic carboxylic acids is 1. The molecule has 2 rings (SSSR count). The maximum absolute atomic E-state index is 10.7. The summed E-state index contributed by atoms with van der Waals surface area (Å²) in [4.78, 5) is 13.2. The predicted octanol–water partition coefficient (Wildman–Crippen LogP) is 3.94. The lowest BCUT2D eigenvalue weighted by molar-refractivity contribution is -0.137. The number of carbonyl (C=O) groups is 1. The topological polar surface area (TPSA) is 40.5 Å². The SMILES string of the molecule is Cc1ccc(C(C)N2CCCC(CCC(=O)O)C2)cc1C. The van der Waals surface area contributed by atoms with Crippen molar-refractivity contribution in [2.75, 3.05) is 13.1 Å². The molecule has 3 heteroatoms. The Hall–Kier alpha value is -1.35. The lowest BCUT2D eigenvalue weighted by Gasteiger charge is -2.37. The zero-order valence-electron chi connectivity index (χ0n) is 13.4. The largest absolute Gasteiger partial charge is 0.481 e. The first-order valence-electron chi connectivity index (χ1n) is 8.00. The number of hydrogen-bond donors (Lipinski definition) is 1. The summed E-state index contributed by atoms with van der Waals surface area (Å²) >= 11 is 0. The molecule has 0 saturated carbocycles. The molecule has 0 aromatic heterocycles. The molecule has 1 aliphatic heterocycles. The lowest BCUT2D eigenvalue weighted by Crippen LogP contribution is -2.37. The quantitative estimate of drug-likeness (QED) is 0.892. The molecule has 21 heavy (non-hydrogen) atoms. The van der Waals surface area contributed by atoms with Crippen LogP contribution in [-0.2, 0) is 4.79 Å². The summed E-state index contributed by atoms with van der Waals surface area (Å²) < 4.78 is 0. The van der Waals surface area contributed by atoms with Crippen molar-refractivity contribution >= 4 is 5.97 Å². The van der Waals surface area contributed by atoms with Gasteiger partial charge in [-0.25, -0.2) is 0 Å². The number of rotatable bonds is 5. The Labute approximate surface area is 128 Å². The number of nitrogens with zero attached hydrogens (tertiary/aromatic N) is 1. The van der Waals surface area contributed by atoms with Crippen LogP contribution in [-0.4, -0.2) is 29.1 Å². The van der Waals surface area contributed by atoms with Crippen LogP contribution in [0.2, 0.25) is 0 Å². The van der Waals surface area contributed by atoms with E-state index in [1.165, 1.54) is 29.5 Å². The molecule has 3 nitrogen and oxygen atoms in total. The van der Waals surface area contributed by atoms with Crippen LogP contribution in [0.25, 0.3) is 0 Å². The van der Waals surface area contributed by atoms with Crippen molar-refractivity contribution in [2.45, 2.75) is 52.5 Å². The number of benzene rings is 1. The van der Waals surface area contributed by atoms with Gasteiger partial charge in [0.05, 0.1) is 0 Å². The van der Waals surface area contributed by atoms with Gasteiger partial charge in [0, 0.05) is 19.0 Å². The fraction of sp³-hybridized carbons (Fsp3) is 0.611.